The van der Waals surface area contributed by atoms with Gasteiger partial charge in [-0.1, -0.05) is 24.5 Å². The predicted molar refractivity (Wildman–Crippen MR) is 61.8 cm³/mol. The second-order valence-electron chi connectivity index (χ2n) is 5.51. The Morgan fingerprint density at radius 1 is 1.00 bits per heavy atom. The highest BCUT2D eigenvalue weighted by Crippen LogP contribution is 2.40. The second-order valence-corrected chi connectivity index (χ2v) is 5.51. The summed E-state index contributed by atoms with van der Waals surface area (Å²) in [7, 11) is 0. The largest absolute Gasteiger partial charge is 0.375 e. The molecule has 3 aliphatic rings. The normalized spacial score (nSPS) is 36.7. The number of ether oxygens (including phenoxy) is 1. The number of rotatable bonds is 2. The van der Waals surface area contributed by atoms with Crippen LogP contribution in [0, 0.1) is 5.92 Å². The van der Waals surface area contributed by atoms with Crippen LogP contribution >= 0.6 is 0 Å². The maximum atomic E-state index is 6.22. The summed E-state index contributed by atoms with van der Waals surface area (Å²) in [6, 6.07) is 0. The minimum absolute atomic E-state index is 0.572. The van der Waals surface area contributed by atoms with Gasteiger partial charge in [0, 0.05) is 0 Å². The number of hydrogen-bond donors (Lipinski definition) is 0. The molecule has 3 aliphatic carbocycles. The Morgan fingerprint density at radius 3 is 2.67 bits per heavy atom. The molecule has 0 aromatic carbocycles. The van der Waals surface area contributed by atoms with Crippen molar-refractivity contribution in [3.05, 3.63) is 11.6 Å². The van der Waals surface area contributed by atoms with Gasteiger partial charge < -0.3 is 4.74 Å². The molecular formula is C14H22O. The summed E-state index contributed by atoms with van der Waals surface area (Å²) in [5, 5.41) is 0. The minimum Gasteiger partial charge on any atom is -0.375 e. The topological polar surface area (TPSA) is 9.23 Å². The number of allylic oxidation sites excluding steroid dienone is 1. The summed E-state index contributed by atoms with van der Waals surface area (Å²) in [6.07, 6.45) is 15.8. The van der Waals surface area contributed by atoms with Crippen molar-refractivity contribution in [3.8, 4) is 0 Å². The average Bonchev–Trinajstić information content (AvgIpc) is 2.86. The summed E-state index contributed by atoms with van der Waals surface area (Å²) in [4.78, 5) is 0. The maximum Gasteiger partial charge on any atom is 0.0621 e. The lowest BCUT2D eigenvalue weighted by molar-refractivity contribution is -0.00488. The van der Waals surface area contributed by atoms with E-state index in [2.05, 4.69) is 6.08 Å². The summed E-state index contributed by atoms with van der Waals surface area (Å²) in [5.74, 6) is 0.894. The third-order valence-corrected chi connectivity index (χ3v) is 4.39. The summed E-state index contributed by atoms with van der Waals surface area (Å²) >= 11 is 0. The van der Waals surface area contributed by atoms with E-state index in [4.69, 9.17) is 4.74 Å². The van der Waals surface area contributed by atoms with Crippen LogP contribution in [-0.4, -0.2) is 12.2 Å². The van der Waals surface area contributed by atoms with Crippen molar-refractivity contribution >= 4 is 0 Å². The summed E-state index contributed by atoms with van der Waals surface area (Å²) in [5.41, 5.74) is 1.73. The highest BCUT2D eigenvalue weighted by molar-refractivity contribution is 5.16. The smallest absolute Gasteiger partial charge is 0.0621 e. The van der Waals surface area contributed by atoms with Gasteiger partial charge in [-0.05, 0) is 50.9 Å². The van der Waals surface area contributed by atoms with Gasteiger partial charge in [0.25, 0.3) is 0 Å². The first kappa shape index (κ1) is 9.89. The van der Waals surface area contributed by atoms with Crippen LogP contribution in [0.1, 0.15) is 57.8 Å². The maximum absolute atomic E-state index is 6.22. The molecule has 0 N–H and O–H groups in total. The monoisotopic (exact) mass is 206 g/mol. The molecule has 2 saturated carbocycles. The molecule has 1 nitrogen and oxygen atoms in total. The van der Waals surface area contributed by atoms with E-state index in [1.54, 1.807) is 5.57 Å². The van der Waals surface area contributed by atoms with Crippen molar-refractivity contribution in [2.24, 2.45) is 5.92 Å². The molecule has 0 heterocycles. The molecule has 0 radical (unpaired) electrons. The van der Waals surface area contributed by atoms with Crippen LogP contribution in [0.3, 0.4) is 0 Å². The molecule has 0 saturated heterocycles. The van der Waals surface area contributed by atoms with Crippen LogP contribution in [0.4, 0.5) is 0 Å². The first-order chi connectivity index (χ1) is 7.42. The molecule has 1 heteroatoms. The Bertz CT molecular complexity index is 250. The molecule has 0 aromatic rings. The molecule has 2 atom stereocenters. The SMILES string of the molecule is C1=C2C[C@@H](OC3CCCC3)C[C@H]2CCC1. The molecule has 15 heavy (non-hydrogen) atoms. The molecule has 84 valence electrons. The van der Waals surface area contributed by atoms with Gasteiger partial charge in [0.05, 0.1) is 12.2 Å². The molecule has 0 bridgehead atoms. The number of hydrogen-bond acceptors (Lipinski definition) is 1. The zero-order chi connectivity index (χ0) is 10.1. The Morgan fingerprint density at radius 2 is 1.87 bits per heavy atom. The van der Waals surface area contributed by atoms with Crippen molar-refractivity contribution in [1.29, 1.82) is 0 Å². The Labute approximate surface area is 92.9 Å². The van der Waals surface area contributed by atoms with E-state index in [1.165, 1.54) is 57.8 Å². The highest BCUT2D eigenvalue weighted by Gasteiger charge is 2.32. The van der Waals surface area contributed by atoms with Gasteiger partial charge in [0.15, 0.2) is 0 Å². The molecule has 0 aromatic heterocycles. The average molecular weight is 206 g/mol. The van der Waals surface area contributed by atoms with E-state index in [9.17, 15) is 0 Å². The zero-order valence-corrected chi connectivity index (χ0v) is 9.58. The molecule has 0 spiro atoms. The van der Waals surface area contributed by atoms with Crippen molar-refractivity contribution in [2.75, 3.05) is 0 Å². The third-order valence-electron chi connectivity index (χ3n) is 4.39. The Hall–Kier alpha value is -0.300. The quantitative estimate of drug-likeness (QED) is 0.624. The van der Waals surface area contributed by atoms with E-state index in [0.29, 0.717) is 12.2 Å². The van der Waals surface area contributed by atoms with E-state index in [0.717, 1.165) is 5.92 Å². The molecule has 0 aliphatic heterocycles. The van der Waals surface area contributed by atoms with Crippen molar-refractivity contribution in [3.63, 3.8) is 0 Å². The van der Waals surface area contributed by atoms with Crippen molar-refractivity contribution in [2.45, 2.75) is 70.0 Å². The summed E-state index contributed by atoms with van der Waals surface area (Å²) < 4.78 is 6.22. The van der Waals surface area contributed by atoms with Crippen LogP contribution < -0.4 is 0 Å². The van der Waals surface area contributed by atoms with E-state index < -0.39 is 0 Å². The van der Waals surface area contributed by atoms with Gasteiger partial charge in [-0.15, -0.1) is 0 Å². The van der Waals surface area contributed by atoms with Gasteiger partial charge in [0.2, 0.25) is 0 Å². The molecular weight excluding hydrogens is 184 g/mol. The highest BCUT2D eigenvalue weighted by atomic mass is 16.5. The second kappa shape index (κ2) is 4.29. The van der Waals surface area contributed by atoms with Crippen LogP contribution in [0.25, 0.3) is 0 Å². The van der Waals surface area contributed by atoms with E-state index >= 15 is 0 Å². The Balaban J connectivity index is 1.56. The molecule has 3 rings (SSSR count). The fraction of sp³-hybridized carbons (Fsp3) is 0.857. The molecule has 0 amide bonds. The van der Waals surface area contributed by atoms with E-state index in [1.807, 2.05) is 0 Å². The third kappa shape index (κ3) is 2.13. The van der Waals surface area contributed by atoms with E-state index in [-0.39, 0.29) is 0 Å². The lowest BCUT2D eigenvalue weighted by atomic mass is 9.90. The van der Waals surface area contributed by atoms with Crippen LogP contribution in [0.15, 0.2) is 11.6 Å². The standard InChI is InChI=1S/C14H22O/c1-2-6-12-10-14(9-11(12)5-1)15-13-7-3-4-8-13/h5,12-14H,1-4,6-10H2/t12-,14-/m1/s1. The zero-order valence-electron chi connectivity index (χ0n) is 9.58. The van der Waals surface area contributed by atoms with Crippen LogP contribution in [0.5, 0.6) is 0 Å². The van der Waals surface area contributed by atoms with Crippen LogP contribution in [0.2, 0.25) is 0 Å². The minimum atomic E-state index is 0.572. The number of fused-ring (bicyclic) bond motifs is 1. The van der Waals surface area contributed by atoms with Crippen LogP contribution in [-0.2, 0) is 4.74 Å². The fourth-order valence-corrected chi connectivity index (χ4v) is 3.59. The van der Waals surface area contributed by atoms with Gasteiger partial charge in [-0.25, -0.2) is 0 Å². The summed E-state index contributed by atoms with van der Waals surface area (Å²) in [6.45, 7) is 0. The molecule has 0 unspecified atom stereocenters. The predicted octanol–water partition coefficient (Wildman–Crippen LogP) is 3.83. The first-order valence-corrected chi connectivity index (χ1v) is 6.76. The Kier molecular flexibility index (Phi) is 2.83. The van der Waals surface area contributed by atoms with Gasteiger partial charge in [-0.3, -0.25) is 0 Å². The lowest BCUT2D eigenvalue weighted by Gasteiger charge is -2.17. The molecule has 2 fully saturated rings. The van der Waals surface area contributed by atoms with Gasteiger partial charge >= 0.3 is 0 Å². The van der Waals surface area contributed by atoms with Gasteiger partial charge in [0.1, 0.15) is 0 Å². The van der Waals surface area contributed by atoms with Crippen molar-refractivity contribution in [1.82, 2.24) is 0 Å². The first-order valence-electron chi connectivity index (χ1n) is 6.76. The van der Waals surface area contributed by atoms with Crippen molar-refractivity contribution < 1.29 is 4.74 Å². The van der Waals surface area contributed by atoms with Gasteiger partial charge in [-0.2, -0.15) is 0 Å². The fourth-order valence-electron chi connectivity index (χ4n) is 3.59. The lowest BCUT2D eigenvalue weighted by Crippen LogP contribution is -2.17.